The van der Waals surface area contributed by atoms with E-state index in [2.05, 4.69) is 157 Å². The van der Waals surface area contributed by atoms with E-state index in [-0.39, 0.29) is 5.41 Å². The first-order chi connectivity index (χ1) is 25.1. The van der Waals surface area contributed by atoms with Crippen molar-refractivity contribution in [2.24, 2.45) is 0 Å². The maximum absolute atomic E-state index is 10.4. The molecule has 0 aromatic heterocycles. The van der Waals surface area contributed by atoms with Crippen LogP contribution in [0.2, 0.25) is 0 Å². The smallest absolute Gasteiger partial charge is 0.187 e. The Hall–Kier alpha value is -5.90. The van der Waals surface area contributed by atoms with Gasteiger partial charge in [-0.25, -0.2) is 4.85 Å². The summed E-state index contributed by atoms with van der Waals surface area (Å²) < 4.78 is 0. The van der Waals surface area contributed by atoms with Crippen molar-refractivity contribution in [3.05, 3.63) is 190 Å². The second kappa shape index (κ2) is 13.1. The molecule has 6 aromatic carbocycles. The van der Waals surface area contributed by atoms with Crippen molar-refractivity contribution in [2.75, 3.05) is 4.90 Å². The number of benzene rings is 6. The van der Waals surface area contributed by atoms with Gasteiger partial charge in [0.25, 0.3) is 0 Å². The SMILES string of the molecule is [C-]#[N+]c1ccc2c(c1)C1(c3ccccc3N(c3cccc(-c4ccccc4)c3)c3ccccc31)c1cc(C#N)ccc1C2(CCCC)CCCC. The molecule has 0 fully saturated rings. The quantitative estimate of drug-likeness (QED) is 0.152. The van der Waals surface area contributed by atoms with Crippen molar-refractivity contribution in [1.29, 1.82) is 5.26 Å². The van der Waals surface area contributed by atoms with E-state index in [1.165, 1.54) is 27.8 Å². The van der Waals surface area contributed by atoms with E-state index in [1.54, 1.807) is 0 Å². The maximum atomic E-state index is 10.4. The molecule has 3 nitrogen and oxygen atoms in total. The molecule has 0 unspecified atom stereocenters. The molecule has 6 aromatic rings. The van der Waals surface area contributed by atoms with Gasteiger partial charge in [0.2, 0.25) is 0 Å². The highest BCUT2D eigenvalue weighted by Gasteiger charge is 2.55. The van der Waals surface area contributed by atoms with E-state index in [9.17, 15) is 5.26 Å². The van der Waals surface area contributed by atoms with E-state index >= 15 is 0 Å². The third-order valence-corrected chi connectivity index (χ3v) is 11.3. The topological polar surface area (TPSA) is 31.4 Å². The summed E-state index contributed by atoms with van der Waals surface area (Å²) in [6.07, 6.45) is 6.43. The Morgan fingerprint density at radius 2 is 1.18 bits per heavy atom. The second-order valence-electron chi connectivity index (χ2n) is 14.0. The maximum Gasteiger partial charge on any atom is 0.187 e. The standard InChI is InChI=1S/C48H41N3/c1-4-6-28-47(29-7-5-2)39-26-24-34(33-49)30-43(39)48(44-32-37(50-3)25-27-40(44)47)41-20-11-13-22-45(41)51(46-23-14-12-21-42(46)48)38-19-15-18-36(31-38)35-16-9-8-10-17-35/h8-27,30-32H,4-7,28-29H2,1-2H3. The summed E-state index contributed by atoms with van der Waals surface area (Å²) >= 11 is 0. The molecule has 0 atom stereocenters. The number of para-hydroxylation sites is 2. The van der Waals surface area contributed by atoms with Crippen molar-refractivity contribution >= 4 is 22.7 Å². The van der Waals surface area contributed by atoms with Crippen LogP contribution >= 0.6 is 0 Å². The van der Waals surface area contributed by atoms with Gasteiger partial charge in [-0.2, -0.15) is 5.26 Å². The van der Waals surface area contributed by atoms with Crippen molar-refractivity contribution in [3.63, 3.8) is 0 Å². The van der Waals surface area contributed by atoms with Crippen LogP contribution in [0.15, 0.2) is 140 Å². The molecule has 248 valence electrons. The van der Waals surface area contributed by atoms with Crippen LogP contribution in [-0.2, 0) is 10.8 Å². The summed E-state index contributed by atoms with van der Waals surface area (Å²) in [5, 5.41) is 10.4. The van der Waals surface area contributed by atoms with Gasteiger partial charge >= 0.3 is 0 Å². The Balaban J connectivity index is 1.50. The Kier molecular flexibility index (Phi) is 8.30. The highest BCUT2D eigenvalue weighted by atomic mass is 15.2. The summed E-state index contributed by atoms with van der Waals surface area (Å²) in [5.41, 5.74) is 13.2. The lowest BCUT2D eigenvalue weighted by Crippen LogP contribution is -2.46. The fourth-order valence-corrected chi connectivity index (χ4v) is 9.14. The number of rotatable bonds is 8. The molecule has 0 saturated carbocycles. The fraction of sp³-hybridized carbons (Fsp3) is 0.208. The number of unbranched alkanes of at least 4 members (excludes halogenated alkanes) is 2. The summed E-state index contributed by atoms with van der Waals surface area (Å²) in [6, 6.07) is 52.4. The summed E-state index contributed by atoms with van der Waals surface area (Å²) in [7, 11) is 0. The number of fused-ring (bicyclic) bond motifs is 8. The van der Waals surface area contributed by atoms with Crippen LogP contribution in [0.25, 0.3) is 16.0 Å². The molecule has 2 aliphatic rings. The lowest BCUT2D eigenvalue weighted by atomic mass is 9.50. The van der Waals surface area contributed by atoms with Crippen LogP contribution in [0.3, 0.4) is 0 Å². The Labute approximate surface area is 302 Å². The highest BCUT2D eigenvalue weighted by Crippen LogP contribution is 2.64. The van der Waals surface area contributed by atoms with Gasteiger partial charge in [-0.1, -0.05) is 143 Å². The summed E-state index contributed by atoms with van der Waals surface area (Å²) in [6.45, 7) is 12.7. The van der Waals surface area contributed by atoms with Gasteiger partial charge in [-0.15, -0.1) is 0 Å². The van der Waals surface area contributed by atoms with E-state index < -0.39 is 5.41 Å². The van der Waals surface area contributed by atoms with E-state index in [0.717, 1.165) is 72.3 Å². The van der Waals surface area contributed by atoms with Crippen LogP contribution < -0.4 is 4.90 Å². The molecule has 0 bridgehead atoms. The van der Waals surface area contributed by atoms with Gasteiger partial charge in [0.05, 0.1) is 35.0 Å². The monoisotopic (exact) mass is 659 g/mol. The first-order valence-electron chi connectivity index (χ1n) is 18.3. The molecule has 0 amide bonds. The minimum absolute atomic E-state index is 0.235. The molecule has 3 heteroatoms. The molecule has 1 aliphatic heterocycles. The van der Waals surface area contributed by atoms with Gasteiger partial charge in [0.1, 0.15) is 0 Å². The van der Waals surface area contributed by atoms with Crippen LogP contribution in [0.5, 0.6) is 0 Å². The van der Waals surface area contributed by atoms with Crippen LogP contribution in [0.4, 0.5) is 22.7 Å². The van der Waals surface area contributed by atoms with Gasteiger partial charge in [0.15, 0.2) is 5.69 Å². The van der Waals surface area contributed by atoms with Gasteiger partial charge in [-0.05, 0) is 93.7 Å². The van der Waals surface area contributed by atoms with Gasteiger partial charge in [0, 0.05) is 11.1 Å². The Bertz CT molecular complexity index is 2210. The van der Waals surface area contributed by atoms with Gasteiger partial charge < -0.3 is 4.90 Å². The zero-order valence-corrected chi connectivity index (χ0v) is 29.4. The molecule has 1 spiro atoms. The molecule has 8 rings (SSSR count). The third-order valence-electron chi connectivity index (χ3n) is 11.3. The van der Waals surface area contributed by atoms with Crippen LogP contribution in [0, 0.1) is 17.9 Å². The zero-order chi connectivity index (χ0) is 35.0. The number of anilines is 3. The van der Waals surface area contributed by atoms with Crippen molar-refractivity contribution < 1.29 is 0 Å². The summed E-state index contributed by atoms with van der Waals surface area (Å²) in [5.74, 6) is 0. The normalized spacial score (nSPS) is 14.4. The molecule has 1 aliphatic carbocycles. The fourth-order valence-electron chi connectivity index (χ4n) is 9.14. The second-order valence-corrected chi connectivity index (χ2v) is 14.0. The van der Waals surface area contributed by atoms with Crippen LogP contribution in [0.1, 0.15) is 91.3 Å². The molecule has 0 N–H and O–H groups in total. The number of hydrogen-bond acceptors (Lipinski definition) is 2. The molecular formula is C48H41N3. The van der Waals surface area contributed by atoms with Crippen molar-refractivity contribution in [3.8, 4) is 17.2 Å². The number of nitriles is 1. The minimum atomic E-state index is -0.749. The molecule has 0 saturated heterocycles. The zero-order valence-electron chi connectivity index (χ0n) is 29.4. The third kappa shape index (κ3) is 4.92. The van der Waals surface area contributed by atoms with Crippen molar-refractivity contribution in [2.45, 2.75) is 63.2 Å². The lowest BCUT2D eigenvalue weighted by molar-refractivity contribution is 0.384. The average Bonchev–Trinajstić information content (AvgIpc) is 3.20. The van der Waals surface area contributed by atoms with Gasteiger partial charge in [-0.3, -0.25) is 0 Å². The number of nitrogens with zero attached hydrogens (tertiary/aromatic N) is 3. The lowest BCUT2D eigenvalue weighted by Gasteiger charge is -2.54. The van der Waals surface area contributed by atoms with E-state index in [0.29, 0.717) is 11.3 Å². The average molecular weight is 660 g/mol. The Morgan fingerprint density at radius 3 is 1.80 bits per heavy atom. The largest absolute Gasteiger partial charge is 0.310 e. The first kappa shape index (κ1) is 32.3. The van der Waals surface area contributed by atoms with E-state index in [1.807, 2.05) is 12.1 Å². The highest BCUT2D eigenvalue weighted by molar-refractivity contribution is 5.92. The van der Waals surface area contributed by atoms with Crippen molar-refractivity contribution in [1.82, 2.24) is 0 Å². The number of hydrogen-bond donors (Lipinski definition) is 0. The molecule has 51 heavy (non-hydrogen) atoms. The minimum Gasteiger partial charge on any atom is -0.310 e. The molecule has 1 heterocycles. The predicted molar refractivity (Wildman–Crippen MR) is 209 cm³/mol. The van der Waals surface area contributed by atoms with Crippen LogP contribution in [-0.4, -0.2) is 0 Å². The Morgan fingerprint density at radius 1 is 0.588 bits per heavy atom. The summed E-state index contributed by atoms with van der Waals surface area (Å²) in [4.78, 5) is 6.43. The van der Waals surface area contributed by atoms with E-state index in [4.69, 9.17) is 6.57 Å². The first-order valence-corrected chi connectivity index (χ1v) is 18.3. The predicted octanol–water partition coefficient (Wildman–Crippen LogP) is 12.9. The molecular weight excluding hydrogens is 619 g/mol. The molecule has 0 radical (unpaired) electrons.